The summed E-state index contributed by atoms with van der Waals surface area (Å²) in [6, 6.07) is 11.4. The average molecular weight is 362 g/mol. The van der Waals surface area contributed by atoms with E-state index in [1.807, 2.05) is 0 Å². The van der Waals surface area contributed by atoms with Gasteiger partial charge in [-0.15, -0.1) is 0 Å². The van der Waals surface area contributed by atoms with Crippen LogP contribution in [0.4, 0.5) is 5.69 Å². The van der Waals surface area contributed by atoms with Crippen LogP contribution in [0.1, 0.15) is 16.7 Å². The maximum absolute atomic E-state index is 11.6. The van der Waals surface area contributed by atoms with E-state index in [2.05, 4.69) is 15.9 Å². The molecular formula is C16H12BrNO4. The number of benzene rings is 2. The van der Waals surface area contributed by atoms with Crippen molar-refractivity contribution in [1.82, 2.24) is 0 Å². The van der Waals surface area contributed by atoms with Crippen LogP contribution in [0.3, 0.4) is 0 Å². The number of carbonyl (C=O) groups is 1. The summed E-state index contributed by atoms with van der Waals surface area (Å²) in [6.45, 7) is 1.76. The quantitative estimate of drug-likeness (QED) is 0.381. The van der Waals surface area contributed by atoms with Gasteiger partial charge in [-0.2, -0.15) is 0 Å². The van der Waals surface area contributed by atoms with Gasteiger partial charge in [0, 0.05) is 10.5 Å². The summed E-state index contributed by atoms with van der Waals surface area (Å²) in [7, 11) is 0. The van der Waals surface area contributed by atoms with E-state index in [1.165, 1.54) is 18.2 Å². The highest BCUT2D eigenvalue weighted by molar-refractivity contribution is 9.10. The third-order valence-electron chi connectivity index (χ3n) is 3.05. The standard InChI is InChI=1S/C16H12BrNO4/c1-10-2-7-15(18(21)22)13(8-10)14(16(19)20)9-11-3-5-12(17)6-4-11/h2-9H,1H3,(H,19,20)/b14-9+. The number of rotatable bonds is 4. The van der Waals surface area contributed by atoms with Crippen LogP contribution in [0.25, 0.3) is 11.6 Å². The van der Waals surface area contributed by atoms with Crippen molar-refractivity contribution >= 4 is 39.2 Å². The van der Waals surface area contributed by atoms with E-state index >= 15 is 0 Å². The van der Waals surface area contributed by atoms with Crippen molar-refractivity contribution in [3.05, 3.63) is 73.7 Å². The highest BCUT2D eigenvalue weighted by Crippen LogP contribution is 2.29. The van der Waals surface area contributed by atoms with E-state index in [-0.39, 0.29) is 16.8 Å². The smallest absolute Gasteiger partial charge is 0.336 e. The fourth-order valence-electron chi connectivity index (χ4n) is 2.01. The predicted molar refractivity (Wildman–Crippen MR) is 87.5 cm³/mol. The minimum Gasteiger partial charge on any atom is -0.478 e. The summed E-state index contributed by atoms with van der Waals surface area (Å²) in [5.74, 6) is -1.21. The Bertz CT molecular complexity index is 766. The highest BCUT2D eigenvalue weighted by atomic mass is 79.9. The molecule has 5 nitrogen and oxygen atoms in total. The Morgan fingerprint density at radius 2 is 1.86 bits per heavy atom. The summed E-state index contributed by atoms with van der Waals surface area (Å²) in [6.07, 6.45) is 1.43. The van der Waals surface area contributed by atoms with Gasteiger partial charge >= 0.3 is 5.97 Å². The second kappa shape index (κ2) is 6.53. The normalized spacial score (nSPS) is 11.3. The van der Waals surface area contributed by atoms with Crippen molar-refractivity contribution in [2.75, 3.05) is 0 Å². The number of hydrogen-bond acceptors (Lipinski definition) is 3. The Morgan fingerprint density at radius 3 is 2.41 bits per heavy atom. The molecule has 0 atom stereocenters. The fraction of sp³-hybridized carbons (Fsp3) is 0.0625. The van der Waals surface area contributed by atoms with Crippen LogP contribution < -0.4 is 0 Å². The molecule has 0 heterocycles. The minimum absolute atomic E-state index is 0.0976. The minimum atomic E-state index is -1.21. The Hall–Kier alpha value is -2.47. The maximum atomic E-state index is 11.6. The van der Waals surface area contributed by atoms with Gasteiger partial charge in [0.2, 0.25) is 0 Å². The van der Waals surface area contributed by atoms with Crippen molar-refractivity contribution in [3.8, 4) is 0 Å². The van der Waals surface area contributed by atoms with Crippen LogP contribution in [-0.2, 0) is 4.79 Å². The third-order valence-corrected chi connectivity index (χ3v) is 3.58. The molecule has 0 amide bonds. The second-order valence-electron chi connectivity index (χ2n) is 4.69. The number of hydrogen-bond donors (Lipinski definition) is 1. The molecule has 1 N–H and O–H groups in total. The first-order chi connectivity index (χ1) is 10.4. The van der Waals surface area contributed by atoms with Crippen LogP contribution >= 0.6 is 15.9 Å². The number of nitrogens with zero attached hydrogens (tertiary/aromatic N) is 1. The lowest BCUT2D eigenvalue weighted by Gasteiger charge is -2.06. The van der Waals surface area contributed by atoms with E-state index in [0.717, 1.165) is 10.0 Å². The number of nitro benzene ring substituents is 1. The molecule has 6 heteroatoms. The SMILES string of the molecule is Cc1ccc([N+](=O)[O-])c(/C(=C\c2ccc(Br)cc2)C(=O)O)c1. The lowest BCUT2D eigenvalue weighted by Crippen LogP contribution is -2.03. The van der Waals surface area contributed by atoms with Gasteiger partial charge in [0.05, 0.1) is 16.1 Å². The molecule has 0 fully saturated rings. The van der Waals surface area contributed by atoms with Gasteiger partial charge in [0.25, 0.3) is 5.69 Å². The molecule has 2 aromatic carbocycles. The molecule has 0 unspecified atom stereocenters. The lowest BCUT2D eigenvalue weighted by atomic mass is 9.99. The Labute approximate surface area is 135 Å². The van der Waals surface area contributed by atoms with Crippen molar-refractivity contribution in [2.24, 2.45) is 0 Å². The molecule has 2 rings (SSSR count). The molecule has 0 aliphatic heterocycles. The predicted octanol–water partition coefficient (Wildman–Crippen LogP) is 4.29. The molecular weight excluding hydrogens is 350 g/mol. The van der Waals surface area contributed by atoms with Gasteiger partial charge < -0.3 is 5.11 Å². The van der Waals surface area contributed by atoms with Crippen LogP contribution in [0.15, 0.2) is 46.9 Å². The van der Waals surface area contributed by atoms with Crippen LogP contribution in [0, 0.1) is 17.0 Å². The highest BCUT2D eigenvalue weighted by Gasteiger charge is 2.21. The molecule has 112 valence electrons. The molecule has 0 bridgehead atoms. The van der Waals surface area contributed by atoms with Gasteiger partial charge in [-0.3, -0.25) is 10.1 Å². The Balaban J connectivity index is 2.62. The van der Waals surface area contributed by atoms with E-state index in [4.69, 9.17) is 0 Å². The molecule has 0 saturated carbocycles. The number of carboxylic acid groups (broad SMARTS) is 1. The second-order valence-corrected chi connectivity index (χ2v) is 5.61. The molecule has 0 saturated heterocycles. The molecule has 22 heavy (non-hydrogen) atoms. The summed E-state index contributed by atoms with van der Waals surface area (Å²) in [5.41, 5.74) is 1.16. The monoisotopic (exact) mass is 361 g/mol. The van der Waals surface area contributed by atoms with Gasteiger partial charge in [0.1, 0.15) is 0 Å². The van der Waals surface area contributed by atoms with Gasteiger partial charge in [0.15, 0.2) is 0 Å². The van der Waals surface area contributed by atoms with Crippen molar-refractivity contribution < 1.29 is 14.8 Å². The van der Waals surface area contributed by atoms with Crippen molar-refractivity contribution in [2.45, 2.75) is 6.92 Å². The number of nitro groups is 1. The molecule has 0 aliphatic rings. The van der Waals surface area contributed by atoms with E-state index in [1.54, 1.807) is 37.3 Å². The van der Waals surface area contributed by atoms with Crippen molar-refractivity contribution in [1.29, 1.82) is 0 Å². The largest absolute Gasteiger partial charge is 0.478 e. The van der Waals surface area contributed by atoms with E-state index in [9.17, 15) is 20.0 Å². The number of halogens is 1. The van der Waals surface area contributed by atoms with Gasteiger partial charge in [-0.25, -0.2) is 4.79 Å². The van der Waals surface area contributed by atoms with E-state index < -0.39 is 10.9 Å². The molecule has 0 spiro atoms. The topological polar surface area (TPSA) is 80.4 Å². The Kier molecular flexibility index (Phi) is 4.72. The molecule has 0 aromatic heterocycles. The first-order valence-corrected chi connectivity index (χ1v) is 7.14. The third kappa shape index (κ3) is 3.59. The summed E-state index contributed by atoms with van der Waals surface area (Å²) in [5, 5.41) is 20.6. The zero-order chi connectivity index (χ0) is 16.3. The summed E-state index contributed by atoms with van der Waals surface area (Å²) >= 11 is 3.30. The van der Waals surface area contributed by atoms with Crippen LogP contribution in [-0.4, -0.2) is 16.0 Å². The van der Waals surface area contributed by atoms with Crippen LogP contribution in [0.5, 0.6) is 0 Å². The van der Waals surface area contributed by atoms with Gasteiger partial charge in [-0.1, -0.05) is 39.7 Å². The van der Waals surface area contributed by atoms with Crippen molar-refractivity contribution in [3.63, 3.8) is 0 Å². The fourth-order valence-corrected chi connectivity index (χ4v) is 2.27. The molecule has 2 aromatic rings. The summed E-state index contributed by atoms with van der Waals surface area (Å²) in [4.78, 5) is 22.1. The Morgan fingerprint density at radius 1 is 1.23 bits per heavy atom. The molecule has 0 radical (unpaired) electrons. The maximum Gasteiger partial charge on any atom is 0.336 e. The number of aliphatic carboxylic acids is 1. The first kappa shape index (κ1) is 15.9. The summed E-state index contributed by atoms with van der Waals surface area (Å²) < 4.78 is 0.864. The van der Waals surface area contributed by atoms with E-state index in [0.29, 0.717) is 5.56 Å². The first-order valence-electron chi connectivity index (χ1n) is 6.34. The number of carboxylic acids is 1. The zero-order valence-electron chi connectivity index (χ0n) is 11.6. The molecule has 0 aliphatic carbocycles. The lowest BCUT2D eigenvalue weighted by molar-refractivity contribution is -0.385. The number of aryl methyl sites for hydroxylation is 1. The zero-order valence-corrected chi connectivity index (χ0v) is 13.2. The van der Waals surface area contributed by atoms with Crippen LogP contribution in [0.2, 0.25) is 0 Å². The van der Waals surface area contributed by atoms with Gasteiger partial charge in [-0.05, 0) is 36.8 Å². The average Bonchev–Trinajstić information content (AvgIpc) is 2.45.